The van der Waals surface area contributed by atoms with Gasteiger partial charge in [0.2, 0.25) is 0 Å². The highest BCUT2D eigenvalue weighted by atomic mass is 19.1. The first-order chi connectivity index (χ1) is 7.97. The fraction of sp³-hybridized carbons (Fsp3) is 0.364. The molecular formula is C11H14F2N2O2. The van der Waals surface area contributed by atoms with Gasteiger partial charge in [0.05, 0.1) is 11.8 Å². The average molecular weight is 244 g/mol. The summed E-state index contributed by atoms with van der Waals surface area (Å²) in [5.41, 5.74) is 4.32. The molecule has 1 atom stereocenters. The van der Waals surface area contributed by atoms with E-state index in [1.807, 2.05) is 0 Å². The van der Waals surface area contributed by atoms with Crippen LogP contribution in [0.5, 0.6) is 0 Å². The minimum absolute atomic E-state index is 0.156. The van der Waals surface area contributed by atoms with Crippen LogP contribution >= 0.6 is 0 Å². The Morgan fingerprint density at radius 3 is 2.76 bits per heavy atom. The number of nitrogens with two attached hydrogens (primary N) is 1. The molecule has 1 amide bonds. The Balaban J connectivity index is 2.86. The molecule has 0 aliphatic carbocycles. The van der Waals surface area contributed by atoms with E-state index < -0.39 is 23.1 Å². The van der Waals surface area contributed by atoms with Crippen molar-refractivity contribution in [2.75, 3.05) is 19.4 Å². The van der Waals surface area contributed by atoms with E-state index in [9.17, 15) is 13.6 Å². The molecule has 1 rings (SSSR count). The summed E-state index contributed by atoms with van der Waals surface area (Å²) in [4.78, 5) is 11.6. The van der Waals surface area contributed by atoms with Crippen LogP contribution < -0.4 is 11.1 Å². The molecule has 1 aromatic rings. The van der Waals surface area contributed by atoms with Gasteiger partial charge in [-0.15, -0.1) is 0 Å². The zero-order valence-electron chi connectivity index (χ0n) is 9.59. The summed E-state index contributed by atoms with van der Waals surface area (Å²) >= 11 is 0. The minimum atomic E-state index is -1.05. The van der Waals surface area contributed by atoms with E-state index in [0.29, 0.717) is 0 Å². The molecule has 0 bridgehead atoms. The van der Waals surface area contributed by atoms with Crippen molar-refractivity contribution in [3.05, 3.63) is 29.3 Å². The SMILES string of the molecule is COC(C)CNC(=O)c1c(F)ccc(N)c1F. The van der Waals surface area contributed by atoms with Crippen molar-refractivity contribution >= 4 is 11.6 Å². The fourth-order valence-electron chi connectivity index (χ4n) is 1.18. The lowest BCUT2D eigenvalue weighted by molar-refractivity contribution is 0.0863. The third-order valence-electron chi connectivity index (χ3n) is 2.30. The largest absolute Gasteiger partial charge is 0.396 e. The monoisotopic (exact) mass is 244 g/mol. The van der Waals surface area contributed by atoms with Crippen LogP contribution in [-0.4, -0.2) is 25.7 Å². The number of hydrogen-bond donors (Lipinski definition) is 2. The summed E-state index contributed by atoms with van der Waals surface area (Å²) < 4.78 is 31.7. The Hall–Kier alpha value is -1.69. The second-order valence-corrected chi connectivity index (χ2v) is 3.58. The molecule has 6 heteroatoms. The molecule has 0 heterocycles. The lowest BCUT2D eigenvalue weighted by atomic mass is 10.1. The maximum Gasteiger partial charge on any atom is 0.257 e. The van der Waals surface area contributed by atoms with E-state index in [2.05, 4.69) is 5.32 Å². The van der Waals surface area contributed by atoms with Crippen LogP contribution in [0.15, 0.2) is 12.1 Å². The lowest BCUT2D eigenvalue weighted by Gasteiger charge is -2.12. The highest BCUT2D eigenvalue weighted by Crippen LogP contribution is 2.18. The Kier molecular flexibility index (Phi) is 4.39. The van der Waals surface area contributed by atoms with Crippen molar-refractivity contribution in [1.29, 1.82) is 0 Å². The zero-order chi connectivity index (χ0) is 13.0. The van der Waals surface area contributed by atoms with Gasteiger partial charge in [0.1, 0.15) is 11.4 Å². The molecule has 3 N–H and O–H groups in total. The van der Waals surface area contributed by atoms with Crippen LogP contribution in [0, 0.1) is 11.6 Å². The van der Waals surface area contributed by atoms with Gasteiger partial charge in [-0.05, 0) is 19.1 Å². The van der Waals surface area contributed by atoms with Crippen molar-refractivity contribution in [1.82, 2.24) is 5.32 Å². The second kappa shape index (κ2) is 5.58. The fourth-order valence-corrected chi connectivity index (χ4v) is 1.18. The Morgan fingerprint density at radius 1 is 1.53 bits per heavy atom. The third-order valence-corrected chi connectivity index (χ3v) is 2.30. The van der Waals surface area contributed by atoms with Crippen LogP contribution in [0.1, 0.15) is 17.3 Å². The van der Waals surface area contributed by atoms with E-state index in [4.69, 9.17) is 10.5 Å². The predicted octanol–water partition coefficient (Wildman–Crippen LogP) is 1.31. The molecule has 0 spiro atoms. The molecule has 0 saturated heterocycles. The van der Waals surface area contributed by atoms with Crippen LogP contribution in [0.4, 0.5) is 14.5 Å². The van der Waals surface area contributed by atoms with Crippen molar-refractivity contribution in [3.8, 4) is 0 Å². The maximum absolute atomic E-state index is 13.5. The second-order valence-electron chi connectivity index (χ2n) is 3.58. The van der Waals surface area contributed by atoms with Gasteiger partial charge >= 0.3 is 0 Å². The number of anilines is 1. The standard InChI is InChI=1S/C11H14F2N2O2/c1-6(17-2)5-15-11(16)9-7(12)3-4-8(14)10(9)13/h3-4,6H,5,14H2,1-2H3,(H,15,16). The van der Waals surface area contributed by atoms with Crippen LogP contribution in [-0.2, 0) is 4.74 Å². The summed E-state index contributed by atoms with van der Waals surface area (Å²) in [5, 5.41) is 2.36. The third kappa shape index (κ3) is 3.13. The number of amides is 1. The van der Waals surface area contributed by atoms with Crippen molar-refractivity contribution < 1.29 is 18.3 Å². The predicted molar refractivity (Wildman–Crippen MR) is 59.6 cm³/mol. The van der Waals surface area contributed by atoms with Gasteiger partial charge in [-0.25, -0.2) is 8.78 Å². The average Bonchev–Trinajstić information content (AvgIpc) is 2.31. The molecule has 0 aliphatic rings. The highest BCUT2D eigenvalue weighted by Gasteiger charge is 2.19. The Labute approximate surface area is 97.8 Å². The van der Waals surface area contributed by atoms with Crippen LogP contribution in [0.25, 0.3) is 0 Å². The molecule has 0 aliphatic heterocycles. The van der Waals surface area contributed by atoms with Crippen molar-refractivity contribution in [2.24, 2.45) is 0 Å². The number of ether oxygens (including phenoxy) is 1. The Bertz CT molecular complexity index is 424. The van der Waals surface area contributed by atoms with Crippen molar-refractivity contribution in [3.63, 3.8) is 0 Å². The molecular weight excluding hydrogens is 230 g/mol. The number of methoxy groups -OCH3 is 1. The van der Waals surface area contributed by atoms with Crippen LogP contribution in [0.3, 0.4) is 0 Å². The number of halogens is 2. The van der Waals surface area contributed by atoms with Crippen molar-refractivity contribution in [2.45, 2.75) is 13.0 Å². The van der Waals surface area contributed by atoms with Gasteiger partial charge in [0, 0.05) is 13.7 Å². The maximum atomic E-state index is 13.5. The van der Waals surface area contributed by atoms with Gasteiger partial charge in [0.15, 0.2) is 5.82 Å². The molecule has 0 radical (unpaired) electrons. The normalized spacial score (nSPS) is 12.2. The summed E-state index contributed by atoms with van der Waals surface area (Å²) in [6, 6.07) is 2.02. The number of nitrogens with one attached hydrogen (secondary N) is 1. The molecule has 0 fully saturated rings. The molecule has 1 unspecified atom stereocenters. The molecule has 4 nitrogen and oxygen atoms in total. The first kappa shape index (κ1) is 13.4. The molecule has 1 aromatic carbocycles. The van der Waals surface area contributed by atoms with Gasteiger partial charge in [-0.3, -0.25) is 4.79 Å². The van der Waals surface area contributed by atoms with E-state index in [0.717, 1.165) is 12.1 Å². The number of rotatable bonds is 4. The minimum Gasteiger partial charge on any atom is -0.396 e. The van der Waals surface area contributed by atoms with Gasteiger partial charge in [0.25, 0.3) is 5.91 Å². The highest BCUT2D eigenvalue weighted by molar-refractivity contribution is 5.95. The first-order valence-corrected chi connectivity index (χ1v) is 5.01. The number of hydrogen-bond acceptors (Lipinski definition) is 3. The van der Waals surface area contributed by atoms with Crippen LogP contribution in [0.2, 0.25) is 0 Å². The molecule has 0 saturated carbocycles. The van der Waals surface area contributed by atoms with Gasteiger partial charge in [-0.2, -0.15) is 0 Å². The number of benzene rings is 1. The lowest BCUT2D eigenvalue weighted by Crippen LogP contribution is -2.32. The zero-order valence-corrected chi connectivity index (χ0v) is 9.59. The summed E-state index contributed by atoms with van der Waals surface area (Å²) in [7, 11) is 1.47. The smallest absolute Gasteiger partial charge is 0.257 e. The van der Waals surface area contributed by atoms with Gasteiger partial charge < -0.3 is 15.8 Å². The number of carbonyl (C=O) groups excluding carboxylic acids is 1. The van der Waals surface area contributed by atoms with E-state index >= 15 is 0 Å². The Morgan fingerprint density at radius 2 is 2.18 bits per heavy atom. The summed E-state index contributed by atoms with van der Waals surface area (Å²) in [6.45, 7) is 1.87. The van der Waals surface area contributed by atoms with E-state index in [-0.39, 0.29) is 18.3 Å². The molecule has 0 aromatic heterocycles. The summed E-state index contributed by atoms with van der Waals surface area (Å²) in [5.74, 6) is -2.84. The molecule has 17 heavy (non-hydrogen) atoms. The quantitative estimate of drug-likeness (QED) is 0.785. The van der Waals surface area contributed by atoms with Gasteiger partial charge in [-0.1, -0.05) is 0 Å². The van der Waals surface area contributed by atoms with E-state index in [1.54, 1.807) is 6.92 Å². The van der Waals surface area contributed by atoms with E-state index in [1.165, 1.54) is 7.11 Å². The number of nitrogen functional groups attached to an aromatic ring is 1. The number of carbonyl (C=O) groups is 1. The summed E-state index contributed by atoms with van der Waals surface area (Å²) in [6.07, 6.45) is -0.244. The first-order valence-electron chi connectivity index (χ1n) is 5.01. The molecule has 94 valence electrons. The topological polar surface area (TPSA) is 64.3 Å².